The Balaban J connectivity index is 1.44. The second-order valence-electron chi connectivity index (χ2n) is 5.27. The molecule has 0 saturated carbocycles. The second-order valence-corrected chi connectivity index (χ2v) is 7.16. The highest BCUT2D eigenvalue weighted by Gasteiger charge is 2.15. The number of aromatic nitrogens is 2. The molecule has 1 aromatic carbocycles. The Labute approximate surface area is 153 Å². The molecule has 1 aliphatic rings. The van der Waals surface area contributed by atoms with Crippen molar-refractivity contribution in [3.8, 4) is 22.1 Å². The van der Waals surface area contributed by atoms with Crippen LogP contribution in [0.2, 0.25) is 0 Å². The lowest BCUT2D eigenvalue weighted by molar-refractivity contribution is 0.102. The van der Waals surface area contributed by atoms with E-state index in [0.717, 1.165) is 10.6 Å². The standard InChI is InChI=1S/C18H14N2O3S2/c21-14(12-3-4-15-16(10-12)23-8-7-22-15)11-25-18-19-6-5-13(20-18)17-2-1-9-24-17/h1-6,9-10H,7-8,11H2. The van der Waals surface area contributed by atoms with E-state index < -0.39 is 0 Å². The van der Waals surface area contributed by atoms with E-state index in [4.69, 9.17) is 9.47 Å². The van der Waals surface area contributed by atoms with Crippen LogP contribution < -0.4 is 9.47 Å². The molecule has 3 heterocycles. The van der Waals surface area contributed by atoms with E-state index in [0.29, 0.717) is 35.4 Å². The van der Waals surface area contributed by atoms with Crippen molar-refractivity contribution < 1.29 is 14.3 Å². The lowest BCUT2D eigenvalue weighted by atomic mass is 10.1. The summed E-state index contributed by atoms with van der Waals surface area (Å²) in [7, 11) is 0. The summed E-state index contributed by atoms with van der Waals surface area (Å²) < 4.78 is 11.0. The van der Waals surface area contributed by atoms with E-state index in [2.05, 4.69) is 9.97 Å². The van der Waals surface area contributed by atoms with Crippen LogP contribution in [0.4, 0.5) is 0 Å². The summed E-state index contributed by atoms with van der Waals surface area (Å²) in [5.41, 5.74) is 1.48. The average Bonchev–Trinajstić information content (AvgIpc) is 3.21. The van der Waals surface area contributed by atoms with Gasteiger partial charge in [0.1, 0.15) is 13.2 Å². The van der Waals surface area contributed by atoms with Crippen molar-refractivity contribution in [2.75, 3.05) is 19.0 Å². The average molecular weight is 370 g/mol. The number of ether oxygens (including phenoxy) is 2. The zero-order valence-corrected chi connectivity index (χ0v) is 14.8. The molecule has 0 bridgehead atoms. The minimum atomic E-state index is 0.00657. The molecular weight excluding hydrogens is 356 g/mol. The van der Waals surface area contributed by atoms with Gasteiger partial charge in [-0.3, -0.25) is 4.79 Å². The molecule has 0 spiro atoms. The zero-order valence-electron chi connectivity index (χ0n) is 13.2. The number of rotatable bonds is 5. The SMILES string of the molecule is O=C(CSc1nccc(-c2cccs2)n1)c1ccc2c(c1)OCCO2. The van der Waals surface area contributed by atoms with Crippen molar-refractivity contribution in [2.45, 2.75) is 5.16 Å². The van der Waals surface area contributed by atoms with E-state index in [1.165, 1.54) is 11.8 Å². The lowest BCUT2D eigenvalue weighted by Gasteiger charge is -2.18. The topological polar surface area (TPSA) is 61.3 Å². The van der Waals surface area contributed by atoms with E-state index >= 15 is 0 Å². The minimum Gasteiger partial charge on any atom is -0.486 e. The number of thiophene rings is 1. The summed E-state index contributed by atoms with van der Waals surface area (Å²) in [6, 6.07) is 11.2. The molecule has 0 unspecified atom stereocenters. The Hall–Kier alpha value is -2.38. The predicted octanol–water partition coefficient (Wildman–Crippen LogP) is 3.95. The zero-order chi connectivity index (χ0) is 17.1. The molecule has 0 fully saturated rings. The molecule has 2 aromatic heterocycles. The summed E-state index contributed by atoms with van der Waals surface area (Å²) in [5, 5.41) is 2.60. The van der Waals surface area contributed by atoms with Gasteiger partial charge in [0, 0.05) is 11.8 Å². The summed E-state index contributed by atoms with van der Waals surface area (Å²) >= 11 is 2.96. The number of thioether (sulfide) groups is 1. The number of hydrogen-bond acceptors (Lipinski definition) is 7. The van der Waals surface area contributed by atoms with Gasteiger partial charge in [-0.05, 0) is 35.7 Å². The van der Waals surface area contributed by atoms with Crippen LogP contribution in [-0.4, -0.2) is 34.7 Å². The first-order valence-corrected chi connectivity index (χ1v) is 9.59. The van der Waals surface area contributed by atoms with Gasteiger partial charge < -0.3 is 9.47 Å². The van der Waals surface area contributed by atoms with Crippen molar-refractivity contribution in [3.63, 3.8) is 0 Å². The van der Waals surface area contributed by atoms with E-state index in [1.807, 2.05) is 23.6 Å². The second kappa shape index (κ2) is 7.25. The maximum atomic E-state index is 12.4. The molecule has 7 heteroatoms. The normalized spacial score (nSPS) is 12.8. The molecule has 0 N–H and O–H groups in total. The van der Waals surface area contributed by atoms with Crippen LogP contribution in [0.25, 0.3) is 10.6 Å². The van der Waals surface area contributed by atoms with Gasteiger partial charge in [0.2, 0.25) is 0 Å². The molecule has 5 nitrogen and oxygen atoms in total. The Bertz CT molecular complexity index is 897. The van der Waals surface area contributed by atoms with Crippen molar-refractivity contribution >= 4 is 28.9 Å². The van der Waals surface area contributed by atoms with Crippen molar-refractivity contribution in [1.29, 1.82) is 0 Å². The first kappa shape index (κ1) is 16.1. The van der Waals surface area contributed by atoms with Crippen LogP contribution in [-0.2, 0) is 0 Å². The number of ketones is 1. The van der Waals surface area contributed by atoms with Gasteiger partial charge in [0.25, 0.3) is 0 Å². The van der Waals surface area contributed by atoms with Crippen molar-refractivity contribution in [2.24, 2.45) is 0 Å². The van der Waals surface area contributed by atoms with Gasteiger partial charge in [-0.15, -0.1) is 11.3 Å². The van der Waals surface area contributed by atoms with Gasteiger partial charge in [-0.25, -0.2) is 9.97 Å². The van der Waals surface area contributed by atoms with Crippen molar-refractivity contribution in [3.05, 3.63) is 53.5 Å². The van der Waals surface area contributed by atoms with Crippen LogP contribution in [0.1, 0.15) is 10.4 Å². The van der Waals surface area contributed by atoms with E-state index in [9.17, 15) is 4.79 Å². The summed E-state index contributed by atoms with van der Waals surface area (Å²) in [5.74, 6) is 1.58. The Kier molecular flexibility index (Phi) is 4.67. The molecule has 3 aromatic rings. The van der Waals surface area contributed by atoms with Crippen LogP contribution in [0, 0.1) is 0 Å². The quantitative estimate of drug-likeness (QED) is 0.385. The monoisotopic (exact) mass is 370 g/mol. The Morgan fingerprint density at radius 1 is 1.16 bits per heavy atom. The van der Waals surface area contributed by atoms with Crippen LogP contribution in [0.15, 0.2) is 53.1 Å². The van der Waals surface area contributed by atoms with Crippen LogP contribution in [0.5, 0.6) is 11.5 Å². The molecule has 25 heavy (non-hydrogen) atoms. The van der Waals surface area contributed by atoms with Crippen LogP contribution in [0.3, 0.4) is 0 Å². The molecule has 0 radical (unpaired) electrons. The highest BCUT2D eigenvalue weighted by atomic mass is 32.2. The largest absolute Gasteiger partial charge is 0.486 e. The molecule has 1 aliphatic heterocycles. The predicted molar refractivity (Wildman–Crippen MR) is 97.8 cm³/mol. The van der Waals surface area contributed by atoms with Gasteiger partial charge in [0.05, 0.1) is 16.3 Å². The molecule has 126 valence electrons. The number of fused-ring (bicyclic) bond motifs is 1. The molecule has 4 rings (SSSR count). The molecule has 0 atom stereocenters. The highest BCUT2D eigenvalue weighted by Crippen LogP contribution is 2.31. The number of Topliss-reactive ketones (excluding diaryl/α,β-unsaturated/α-hetero) is 1. The van der Waals surface area contributed by atoms with Gasteiger partial charge >= 0.3 is 0 Å². The van der Waals surface area contributed by atoms with Gasteiger partial charge in [-0.2, -0.15) is 0 Å². The third kappa shape index (κ3) is 3.67. The number of hydrogen-bond donors (Lipinski definition) is 0. The Morgan fingerprint density at radius 3 is 2.88 bits per heavy atom. The van der Waals surface area contributed by atoms with Gasteiger partial charge in [-0.1, -0.05) is 17.8 Å². The summed E-state index contributed by atoms with van der Waals surface area (Å²) in [6.45, 7) is 1.04. The number of carbonyl (C=O) groups excluding carboxylic acids is 1. The maximum absolute atomic E-state index is 12.4. The number of nitrogens with zero attached hydrogens (tertiary/aromatic N) is 2. The number of benzene rings is 1. The third-order valence-corrected chi connectivity index (χ3v) is 5.36. The first-order valence-electron chi connectivity index (χ1n) is 7.72. The minimum absolute atomic E-state index is 0.00657. The van der Waals surface area contributed by atoms with Crippen LogP contribution >= 0.6 is 23.1 Å². The molecule has 0 amide bonds. The fraction of sp³-hybridized carbons (Fsp3) is 0.167. The molecule has 0 aliphatic carbocycles. The lowest BCUT2D eigenvalue weighted by Crippen LogP contribution is -2.16. The summed E-state index contributed by atoms with van der Waals surface area (Å²) in [6.07, 6.45) is 1.72. The maximum Gasteiger partial charge on any atom is 0.188 e. The smallest absolute Gasteiger partial charge is 0.188 e. The fourth-order valence-corrected chi connectivity index (χ4v) is 3.82. The third-order valence-electron chi connectivity index (χ3n) is 3.60. The first-order chi connectivity index (χ1) is 12.3. The van der Waals surface area contributed by atoms with Gasteiger partial charge in [0.15, 0.2) is 22.4 Å². The fourth-order valence-electron chi connectivity index (χ4n) is 2.40. The van der Waals surface area contributed by atoms with Crippen molar-refractivity contribution in [1.82, 2.24) is 9.97 Å². The van der Waals surface area contributed by atoms with E-state index in [1.54, 1.807) is 35.7 Å². The highest BCUT2D eigenvalue weighted by molar-refractivity contribution is 7.99. The molecule has 0 saturated heterocycles. The molecular formula is C18H14N2O3S2. The number of carbonyl (C=O) groups is 1. The summed E-state index contributed by atoms with van der Waals surface area (Å²) in [4.78, 5) is 22.3. The Morgan fingerprint density at radius 2 is 2.04 bits per heavy atom. The van der Waals surface area contributed by atoms with E-state index in [-0.39, 0.29) is 11.5 Å².